The van der Waals surface area contributed by atoms with E-state index >= 15 is 0 Å². The molecule has 0 unspecified atom stereocenters. The third-order valence-electron chi connectivity index (χ3n) is 6.18. The van der Waals surface area contributed by atoms with E-state index in [0.717, 1.165) is 14.3 Å². The molecule has 0 radical (unpaired) electrons. The number of hydrogen-bond donors (Lipinski definition) is 0. The fourth-order valence-corrected chi connectivity index (χ4v) is 5.34. The lowest BCUT2D eigenvalue weighted by Crippen LogP contribution is -2.46. The summed E-state index contributed by atoms with van der Waals surface area (Å²) in [6.45, 7) is 0.104. The van der Waals surface area contributed by atoms with Crippen LogP contribution in [0.5, 0.6) is 5.75 Å². The molecule has 1 aliphatic heterocycles. The van der Waals surface area contributed by atoms with E-state index in [1.54, 1.807) is 53.4 Å². The predicted octanol–water partition coefficient (Wildman–Crippen LogP) is 6.32. The average molecular weight is 608 g/mol. The third-order valence-corrected chi connectivity index (χ3v) is 7.36. The Morgan fingerprint density at radius 1 is 0.889 bits per heavy atom. The minimum Gasteiger partial charge on any atom is -0.495 e. The van der Waals surface area contributed by atoms with Gasteiger partial charge in [0.05, 0.1) is 12.8 Å². The van der Waals surface area contributed by atoms with Crippen LogP contribution >= 0.6 is 31.9 Å². The minimum absolute atomic E-state index is 0.0152. The maximum absolute atomic E-state index is 13.6. The second kappa shape index (κ2) is 9.87. The molecule has 4 aromatic rings. The van der Waals surface area contributed by atoms with Gasteiger partial charge in [-0.2, -0.15) is 0 Å². The van der Waals surface area contributed by atoms with Gasteiger partial charge >= 0.3 is 0 Å². The molecule has 36 heavy (non-hydrogen) atoms. The highest BCUT2D eigenvalue weighted by Gasteiger charge is 2.34. The summed E-state index contributed by atoms with van der Waals surface area (Å²) in [6, 6.07) is 23.2. The monoisotopic (exact) mass is 606 g/mol. The van der Waals surface area contributed by atoms with Gasteiger partial charge in [-0.1, -0.05) is 62.2 Å². The Morgan fingerprint density at radius 3 is 2.36 bits per heavy atom. The molecule has 0 saturated carbocycles. The van der Waals surface area contributed by atoms with Gasteiger partial charge < -0.3 is 9.64 Å². The van der Waals surface area contributed by atoms with Crippen molar-refractivity contribution in [2.75, 3.05) is 25.1 Å². The summed E-state index contributed by atoms with van der Waals surface area (Å²) in [5, 5.41) is 1.46. The van der Waals surface area contributed by atoms with Crippen molar-refractivity contribution >= 4 is 66.0 Å². The fourth-order valence-electron chi connectivity index (χ4n) is 4.48. The molecular weight excluding hydrogens is 588 g/mol. The average Bonchev–Trinajstić information content (AvgIpc) is 2.90. The zero-order valence-electron chi connectivity index (χ0n) is 19.2. The first-order valence-electron chi connectivity index (χ1n) is 11.2. The molecule has 4 aromatic carbocycles. The Balaban J connectivity index is 1.51. The maximum Gasteiger partial charge on any atom is 0.261 e. The van der Waals surface area contributed by atoms with Gasteiger partial charge in [-0.3, -0.25) is 19.3 Å². The number of anilines is 1. The van der Waals surface area contributed by atoms with Crippen molar-refractivity contribution in [3.8, 4) is 5.75 Å². The van der Waals surface area contributed by atoms with Gasteiger partial charge in [0.15, 0.2) is 0 Å². The lowest BCUT2D eigenvalue weighted by Gasteiger charge is -2.31. The molecule has 5 rings (SSSR count). The summed E-state index contributed by atoms with van der Waals surface area (Å²) in [5.41, 5.74) is 1.94. The van der Waals surface area contributed by atoms with Crippen molar-refractivity contribution in [1.82, 2.24) is 4.90 Å². The lowest BCUT2D eigenvalue weighted by atomic mass is 9.94. The van der Waals surface area contributed by atoms with E-state index in [2.05, 4.69) is 31.9 Å². The van der Waals surface area contributed by atoms with Gasteiger partial charge in [0.2, 0.25) is 0 Å². The number of hydrogen-bond acceptors (Lipinski definition) is 4. The SMILES string of the molecule is COc1ccccc1N(CCN1C(=O)c2cccc3c(Br)ccc(c23)C1=O)C(=O)c1cccc(Br)c1. The number of imide groups is 1. The highest BCUT2D eigenvalue weighted by atomic mass is 79.9. The number of carbonyl (C=O) groups is 3. The first-order chi connectivity index (χ1) is 17.4. The predicted molar refractivity (Wildman–Crippen MR) is 146 cm³/mol. The number of benzene rings is 4. The number of carbonyl (C=O) groups excluding carboxylic acids is 3. The molecule has 8 heteroatoms. The Morgan fingerprint density at radius 2 is 1.61 bits per heavy atom. The fraction of sp³-hybridized carbons (Fsp3) is 0.107. The summed E-state index contributed by atoms with van der Waals surface area (Å²) < 4.78 is 7.10. The maximum atomic E-state index is 13.6. The van der Waals surface area contributed by atoms with E-state index in [1.807, 2.05) is 30.3 Å². The van der Waals surface area contributed by atoms with Gasteiger partial charge in [-0.25, -0.2) is 0 Å². The van der Waals surface area contributed by atoms with Crippen LogP contribution in [0.15, 0.2) is 87.8 Å². The number of nitrogens with zero attached hydrogens (tertiary/aromatic N) is 2. The summed E-state index contributed by atoms with van der Waals surface area (Å²) in [6.07, 6.45) is 0. The number of halogens is 2. The molecular formula is C28H20Br2N2O4. The van der Waals surface area contributed by atoms with Crippen LogP contribution in [-0.2, 0) is 0 Å². The quantitative estimate of drug-likeness (QED) is 0.241. The first-order valence-corrected chi connectivity index (χ1v) is 12.8. The minimum atomic E-state index is -0.383. The second-order valence-electron chi connectivity index (χ2n) is 8.22. The highest BCUT2D eigenvalue weighted by molar-refractivity contribution is 9.11. The molecule has 0 fully saturated rings. The largest absolute Gasteiger partial charge is 0.495 e. The van der Waals surface area contributed by atoms with E-state index in [4.69, 9.17) is 4.74 Å². The summed E-state index contributed by atoms with van der Waals surface area (Å²) >= 11 is 6.93. The number of amides is 3. The zero-order valence-corrected chi connectivity index (χ0v) is 22.4. The zero-order chi connectivity index (χ0) is 25.4. The summed E-state index contributed by atoms with van der Waals surface area (Å²) in [7, 11) is 1.54. The Kier molecular flexibility index (Phi) is 6.64. The van der Waals surface area contributed by atoms with Crippen molar-refractivity contribution in [2.45, 2.75) is 0 Å². The van der Waals surface area contributed by atoms with E-state index in [9.17, 15) is 14.4 Å². The normalized spacial score (nSPS) is 12.7. The molecule has 0 bridgehead atoms. The molecule has 1 aliphatic rings. The Bertz CT molecular complexity index is 1510. The van der Waals surface area contributed by atoms with Crippen LogP contribution in [-0.4, -0.2) is 42.8 Å². The van der Waals surface area contributed by atoms with Gasteiger partial charge in [0.1, 0.15) is 5.75 Å². The van der Waals surface area contributed by atoms with Crippen LogP contribution in [0.25, 0.3) is 10.8 Å². The van der Waals surface area contributed by atoms with Crippen LogP contribution in [0.4, 0.5) is 5.69 Å². The molecule has 0 aliphatic carbocycles. The third kappa shape index (κ3) is 4.20. The van der Waals surface area contributed by atoms with E-state index in [0.29, 0.717) is 33.5 Å². The standard InChI is InChI=1S/C28H20Br2N2O4/c1-36-24-11-3-2-10-23(24)31(26(33)17-6-4-7-18(29)16-17)14-15-32-27(34)20-9-5-8-19-22(30)13-12-21(25(19)20)28(32)35/h2-13,16H,14-15H2,1H3. The van der Waals surface area contributed by atoms with Crippen LogP contribution in [0.2, 0.25) is 0 Å². The Labute approximate surface area is 224 Å². The second-order valence-corrected chi connectivity index (χ2v) is 9.99. The number of methoxy groups -OCH3 is 1. The number of rotatable bonds is 6. The van der Waals surface area contributed by atoms with Crippen molar-refractivity contribution in [3.05, 3.63) is 104 Å². The molecule has 180 valence electrons. The van der Waals surface area contributed by atoms with E-state index < -0.39 is 0 Å². The summed E-state index contributed by atoms with van der Waals surface area (Å²) in [5.74, 6) is -0.529. The number of ether oxygens (including phenoxy) is 1. The molecule has 0 atom stereocenters. The lowest BCUT2D eigenvalue weighted by molar-refractivity contribution is 0.0611. The molecule has 0 saturated heterocycles. The molecule has 0 aromatic heterocycles. The molecule has 0 N–H and O–H groups in total. The van der Waals surface area contributed by atoms with Crippen LogP contribution in [0.3, 0.4) is 0 Å². The van der Waals surface area contributed by atoms with Crippen LogP contribution in [0.1, 0.15) is 31.1 Å². The van der Waals surface area contributed by atoms with E-state index in [1.165, 1.54) is 12.0 Å². The molecule has 3 amide bonds. The van der Waals surface area contributed by atoms with Crippen molar-refractivity contribution < 1.29 is 19.1 Å². The summed E-state index contributed by atoms with van der Waals surface area (Å²) in [4.78, 5) is 43.3. The van der Waals surface area contributed by atoms with Crippen molar-refractivity contribution in [1.29, 1.82) is 0 Å². The molecule has 6 nitrogen and oxygen atoms in total. The van der Waals surface area contributed by atoms with Gasteiger partial charge in [-0.15, -0.1) is 0 Å². The van der Waals surface area contributed by atoms with Gasteiger partial charge in [0, 0.05) is 44.1 Å². The Hall–Kier alpha value is -3.49. The van der Waals surface area contributed by atoms with Crippen molar-refractivity contribution in [2.24, 2.45) is 0 Å². The number of para-hydroxylation sites is 2. The van der Waals surface area contributed by atoms with Crippen LogP contribution < -0.4 is 9.64 Å². The smallest absolute Gasteiger partial charge is 0.261 e. The van der Waals surface area contributed by atoms with Gasteiger partial charge in [-0.05, 0) is 53.9 Å². The first kappa shape index (κ1) is 24.2. The molecule has 1 heterocycles. The highest BCUT2D eigenvalue weighted by Crippen LogP contribution is 2.35. The van der Waals surface area contributed by atoms with E-state index in [-0.39, 0.29) is 30.8 Å². The topological polar surface area (TPSA) is 66.9 Å². The van der Waals surface area contributed by atoms with Crippen molar-refractivity contribution in [3.63, 3.8) is 0 Å². The van der Waals surface area contributed by atoms with Crippen LogP contribution in [0, 0.1) is 0 Å². The molecule has 0 spiro atoms. The van der Waals surface area contributed by atoms with Gasteiger partial charge in [0.25, 0.3) is 17.7 Å².